The van der Waals surface area contributed by atoms with Crippen molar-refractivity contribution in [3.8, 4) is 5.75 Å². The summed E-state index contributed by atoms with van der Waals surface area (Å²) in [7, 11) is 0. The molecule has 0 amide bonds. The van der Waals surface area contributed by atoms with Gasteiger partial charge in [0.2, 0.25) is 0 Å². The molecule has 114 valence electrons. The molecule has 2 saturated heterocycles. The van der Waals surface area contributed by atoms with Crippen LogP contribution in [0.5, 0.6) is 5.75 Å². The van der Waals surface area contributed by atoms with Crippen LogP contribution in [0.2, 0.25) is 0 Å². The van der Waals surface area contributed by atoms with Crippen molar-refractivity contribution in [2.24, 2.45) is 0 Å². The Labute approximate surface area is 125 Å². The van der Waals surface area contributed by atoms with E-state index in [0.29, 0.717) is 12.1 Å². The van der Waals surface area contributed by atoms with Gasteiger partial charge in [-0.05, 0) is 42.9 Å². The van der Waals surface area contributed by atoms with Gasteiger partial charge in [0, 0.05) is 18.5 Å². The average Bonchev–Trinajstić information content (AvgIpc) is 2.92. The van der Waals surface area contributed by atoms with Crippen LogP contribution in [0.15, 0.2) is 18.2 Å². The second kappa shape index (κ2) is 5.27. The van der Waals surface area contributed by atoms with Crippen molar-refractivity contribution in [2.45, 2.75) is 49.8 Å². The van der Waals surface area contributed by atoms with E-state index in [2.05, 4.69) is 23.5 Å². The lowest BCUT2D eigenvalue weighted by Gasteiger charge is -2.45. The van der Waals surface area contributed by atoms with Crippen LogP contribution in [0, 0.1) is 0 Å². The molecule has 3 aliphatic heterocycles. The zero-order chi connectivity index (χ0) is 14.3. The zero-order valence-corrected chi connectivity index (χ0v) is 12.3. The van der Waals surface area contributed by atoms with Gasteiger partial charge in [0.25, 0.3) is 0 Å². The fourth-order valence-electron chi connectivity index (χ4n) is 4.00. The first-order valence-electron chi connectivity index (χ1n) is 8.01. The predicted molar refractivity (Wildman–Crippen MR) is 79.7 cm³/mol. The number of hydrogen-bond donors (Lipinski definition) is 2. The number of aryl methyl sites for hydroxylation is 1. The molecule has 21 heavy (non-hydrogen) atoms. The van der Waals surface area contributed by atoms with Crippen LogP contribution in [0.25, 0.3) is 0 Å². The van der Waals surface area contributed by atoms with Crippen LogP contribution in [0.3, 0.4) is 0 Å². The fourth-order valence-corrected chi connectivity index (χ4v) is 4.00. The lowest BCUT2D eigenvalue weighted by Crippen LogP contribution is -2.59. The highest BCUT2D eigenvalue weighted by Crippen LogP contribution is 2.33. The highest BCUT2D eigenvalue weighted by atomic mass is 16.5. The first-order valence-corrected chi connectivity index (χ1v) is 8.01. The quantitative estimate of drug-likeness (QED) is 0.884. The summed E-state index contributed by atoms with van der Waals surface area (Å²) in [4.78, 5) is 0. The van der Waals surface area contributed by atoms with Crippen LogP contribution in [-0.2, 0) is 17.6 Å². The molecule has 4 rings (SSSR count). The Morgan fingerprint density at radius 1 is 1.24 bits per heavy atom. The molecule has 2 bridgehead atoms. The second-order valence-electron chi connectivity index (χ2n) is 6.77. The maximum absolute atomic E-state index is 10.9. The number of rotatable bonds is 3. The Balaban J connectivity index is 1.41. The summed E-state index contributed by atoms with van der Waals surface area (Å²) in [6.45, 7) is 2.27. The van der Waals surface area contributed by atoms with Gasteiger partial charge < -0.3 is 19.9 Å². The summed E-state index contributed by atoms with van der Waals surface area (Å²) in [5, 5.41) is 14.5. The summed E-state index contributed by atoms with van der Waals surface area (Å²) in [5.74, 6) is 1.03. The molecule has 0 spiro atoms. The molecule has 3 heterocycles. The van der Waals surface area contributed by atoms with Gasteiger partial charge in [0.05, 0.1) is 25.4 Å². The first kappa shape index (κ1) is 13.6. The summed E-state index contributed by atoms with van der Waals surface area (Å²) in [6, 6.07) is 7.09. The van der Waals surface area contributed by atoms with Gasteiger partial charge in [-0.2, -0.15) is 0 Å². The van der Waals surface area contributed by atoms with Crippen molar-refractivity contribution < 1.29 is 14.6 Å². The van der Waals surface area contributed by atoms with Gasteiger partial charge in [-0.25, -0.2) is 0 Å². The molecule has 0 aliphatic carbocycles. The third kappa shape index (κ3) is 2.80. The molecule has 1 aromatic rings. The Morgan fingerprint density at radius 3 is 2.86 bits per heavy atom. The van der Waals surface area contributed by atoms with Crippen LogP contribution < -0.4 is 10.1 Å². The lowest BCUT2D eigenvalue weighted by molar-refractivity contribution is -0.0796. The topological polar surface area (TPSA) is 50.7 Å². The predicted octanol–water partition coefficient (Wildman–Crippen LogP) is 1.44. The van der Waals surface area contributed by atoms with E-state index in [1.54, 1.807) is 0 Å². The van der Waals surface area contributed by atoms with Crippen LogP contribution in [0.1, 0.15) is 30.4 Å². The summed E-state index contributed by atoms with van der Waals surface area (Å²) in [6.07, 6.45) is 4.39. The summed E-state index contributed by atoms with van der Waals surface area (Å²) >= 11 is 0. The van der Waals surface area contributed by atoms with Gasteiger partial charge in [0.15, 0.2) is 0 Å². The van der Waals surface area contributed by atoms with Crippen molar-refractivity contribution in [3.63, 3.8) is 0 Å². The van der Waals surface area contributed by atoms with Gasteiger partial charge >= 0.3 is 0 Å². The third-order valence-corrected chi connectivity index (χ3v) is 5.00. The minimum atomic E-state index is -0.542. The van der Waals surface area contributed by atoms with E-state index in [1.807, 2.05) is 0 Å². The average molecular weight is 289 g/mol. The fraction of sp³-hybridized carbons (Fsp3) is 0.647. The largest absolute Gasteiger partial charge is 0.493 e. The minimum Gasteiger partial charge on any atom is -0.493 e. The van der Waals surface area contributed by atoms with Crippen molar-refractivity contribution in [1.82, 2.24) is 5.32 Å². The normalized spacial score (nSPS) is 34.3. The first-order chi connectivity index (χ1) is 10.2. The number of benzene rings is 1. The van der Waals surface area contributed by atoms with Crippen LogP contribution >= 0.6 is 0 Å². The van der Waals surface area contributed by atoms with Gasteiger partial charge in [-0.15, -0.1) is 0 Å². The molecule has 4 heteroatoms. The van der Waals surface area contributed by atoms with E-state index in [1.165, 1.54) is 11.1 Å². The maximum Gasteiger partial charge on any atom is 0.122 e. The van der Waals surface area contributed by atoms with E-state index < -0.39 is 5.60 Å². The molecule has 0 aromatic heterocycles. The standard InChI is InChI=1S/C17H23NO3/c19-17(8-14-10-20-11-15(9-17)18-14)5-3-12-1-2-16-13(7-12)4-6-21-16/h1-2,7,14-15,18-19H,3-6,8-11H2. The molecule has 0 radical (unpaired) electrons. The summed E-state index contributed by atoms with van der Waals surface area (Å²) < 4.78 is 11.1. The van der Waals surface area contributed by atoms with Gasteiger partial charge in [-0.3, -0.25) is 0 Å². The zero-order valence-electron chi connectivity index (χ0n) is 12.3. The van der Waals surface area contributed by atoms with Crippen LogP contribution in [-0.4, -0.2) is 42.6 Å². The van der Waals surface area contributed by atoms with Crippen LogP contribution in [0.4, 0.5) is 0 Å². The molecule has 1 aromatic carbocycles. The number of aliphatic hydroxyl groups is 1. The number of hydrogen-bond acceptors (Lipinski definition) is 4. The Hall–Kier alpha value is -1.10. The second-order valence-corrected chi connectivity index (χ2v) is 6.77. The van der Waals surface area contributed by atoms with Crippen molar-refractivity contribution in [2.75, 3.05) is 19.8 Å². The number of piperidine rings is 1. The number of nitrogens with one attached hydrogen (secondary N) is 1. The molecule has 3 aliphatic rings. The van der Waals surface area contributed by atoms with E-state index in [-0.39, 0.29) is 0 Å². The monoisotopic (exact) mass is 289 g/mol. The number of morpholine rings is 1. The van der Waals surface area contributed by atoms with E-state index in [4.69, 9.17) is 9.47 Å². The highest BCUT2D eigenvalue weighted by molar-refractivity contribution is 5.39. The molecule has 2 atom stereocenters. The Bertz CT molecular complexity index is 519. The summed E-state index contributed by atoms with van der Waals surface area (Å²) in [5.41, 5.74) is 2.09. The molecule has 0 saturated carbocycles. The third-order valence-electron chi connectivity index (χ3n) is 5.00. The molecule has 2 fully saturated rings. The SMILES string of the molecule is OC1(CCc2ccc3c(c2)CCO3)CC2COCC(C1)N2. The van der Waals surface area contributed by atoms with Gasteiger partial charge in [-0.1, -0.05) is 12.1 Å². The maximum atomic E-state index is 10.9. The van der Waals surface area contributed by atoms with Crippen molar-refractivity contribution in [3.05, 3.63) is 29.3 Å². The number of ether oxygens (including phenoxy) is 2. The Kier molecular flexibility index (Phi) is 3.40. The minimum absolute atomic E-state index is 0.316. The van der Waals surface area contributed by atoms with E-state index in [9.17, 15) is 5.11 Å². The molecule has 2 N–H and O–H groups in total. The smallest absolute Gasteiger partial charge is 0.122 e. The van der Waals surface area contributed by atoms with E-state index in [0.717, 1.165) is 57.7 Å². The molecular formula is C17H23NO3. The molecule has 2 unspecified atom stereocenters. The molecule has 4 nitrogen and oxygen atoms in total. The van der Waals surface area contributed by atoms with Crippen molar-refractivity contribution >= 4 is 0 Å². The molecular weight excluding hydrogens is 266 g/mol. The lowest BCUT2D eigenvalue weighted by atomic mass is 9.79. The van der Waals surface area contributed by atoms with Crippen molar-refractivity contribution in [1.29, 1.82) is 0 Å². The van der Waals surface area contributed by atoms with E-state index >= 15 is 0 Å². The highest BCUT2D eigenvalue weighted by Gasteiger charge is 2.40. The Morgan fingerprint density at radius 2 is 2.05 bits per heavy atom. The number of fused-ring (bicyclic) bond motifs is 3. The van der Waals surface area contributed by atoms with Gasteiger partial charge in [0.1, 0.15) is 5.75 Å².